The van der Waals surface area contributed by atoms with Crippen molar-refractivity contribution >= 4 is 45.0 Å². The van der Waals surface area contributed by atoms with E-state index in [1.807, 2.05) is 24.3 Å². The van der Waals surface area contributed by atoms with E-state index in [1.54, 1.807) is 16.8 Å². The highest BCUT2D eigenvalue weighted by atomic mass is 79.9. The predicted molar refractivity (Wildman–Crippen MR) is 146 cm³/mol. The fourth-order valence-corrected chi connectivity index (χ4v) is 7.39. The lowest BCUT2D eigenvalue weighted by atomic mass is 9.45. The number of hydrogen-bond donors (Lipinski definition) is 1. The van der Waals surface area contributed by atoms with Crippen molar-refractivity contribution in [2.75, 3.05) is 13.2 Å². The van der Waals surface area contributed by atoms with Gasteiger partial charge >= 0.3 is 0 Å². The maximum Gasteiger partial charge on any atom is 0.272 e. The highest BCUT2D eigenvalue weighted by molar-refractivity contribution is 9.10. The lowest BCUT2D eigenvalue weighted by Crippen LogP contribution is -2.54. The number of halogens is 3. The van der Waals surface area contributed by atoms with Crippen LogP contribution in [-0.2, 0) is 6.42 Å². The van der Waals surface area contributed by atoms with Crippen LogP contribution in [0.2, 0.25) is 10.0 Å². The van der Waals surface area contributed by atoms with Crippen LogP contribution in [0.15, 0.2) is 40.9 Å². The van der Waals surface area contributed by atoms with Gasteiger partial charge in [0.2, 0.25) is 0 Å². The summed E-state index contributed by atoms with van der Waals surface area (Å²) in [5.41, 5.74) is 4.04. The Labute approximate surface area is 229 Å². The zero-order valence-corrected chi connectivity index (χ0v) is 23.4. The molecule has 3 fully saturated rings. The molecule has 188 valence electrons. The minimum absolute atomic E-state index is 0.144. The Balaban J connectivity index is 1.39. The third-order valence-corrected chi connectivity index (χ3v) is 9.70. The van der Waals surface area contributed by atoms with Crippen LogP contribution >= 0.6 is 39.1 Å². The van der Waals surface area contributed by atoms with E-state index in [1.165, 1.54) is 19.3 Å². The molecule has 3 aromatic rings. The van der Waals surface area contributed by atoms with Crippen LogP contribution in [0.3, 0.4) is 0 Å². The molecule has 36 heavy (non-hydrogen) atoms. The van der Waals surface area contributed by atoms with Crippen LogP contribution in [0.5, 0.6) is 5.75 Å². The van der Waals surface area contributed by atoms with Crippen LogP contribution in [0.1, 0.15) is 49.2 Å². The third kappa shape index (κ3) is 3.97. The van der Waals surface area contributed by atoms with Crippen molar-refractivity contribution in [1.82, 2.24) is 15.1 Å². The predicted octanol–water partition coefficient (Wildman–Crippen LogP) is 7.35. The molecule has 0 saturated heterocycles. The molecule has 1 aliphatic heterocycles. The Hall–Kier alpha value is -2.02. The smallest absolute Gasteiger partial charge is 0.272 e. The number of rotatable bonds is 4. The quantitative estimate of drug-likeness (QED) is 0.347. The van der Waals surface area contributed by atoms with Crippen molar-refractivity contribution in [3.05, 3.63) is 62.2 Å². The molecular formula is C28H28BrCl2N3O2. The van der Waals surface area contributed by atoms with Crippen molar-refractivity contribution in [3.63, 3.8) is 0 Å². The molecule has 8 heteroatoms. The van der Waals surface area contributed by atoms with Crippen molar-refractivity contribution in [1.29, 1.82) is 0 Å². The van der Waals surface area contributed by atoms with Crippen molar-refractivity contribution in [2.24, 2.45) is 23.2 Å². The van der Waals surface area contributed by atoms with Crippen molar-refractivity contribution in [2.45, 2.75) is 39.5 Å². The average Bonchev–Trinajstić information content (AvgIpc) is 3.11. The van der Waals surface area contributed by atoms with Gasteiger partial charge in [-0.05, 0) is 78.8 Å². The summed E-state index contributed by atoms with van der Waals surface area (Å²) in [6.07, 6.45) is 4.29. The van der Waals surface area contributed by atoms with Crippen molar-refractivity contribution in [3.8, 4) is 22.7 Å². The molecule has 0 spiro atoms. The number of aromatic nitrogens is 2. The standard InChI is InChI=1S/C28H28BrCl2N3O2/c1-28(2)16-4-3-15(21(28)11-16)14-32-27(35)25-20-9-10-36-24-12-17(29)5-7-19(24)26(20)34(33-25)23-8-6-18(30)13-22(23)31/h5-8,12-13,15-16,21H,3-4,9-11,14H2,1-2H3,(H,32,35). The molecule has 3 unspecified atom stereocenters. The second-order valence-electron chi connectivity index (χ2n) is 10.8. The molecule has 2 aromatic carbocycles. The summed E-state index contributed by atoms with van der Waals surface area (Å²) in [5.74, 6) is 2.63. The van der Waals surface area contributed by atoms with Gasteiger partial charge in [0.05, 0.1) is 23.0 Å². The summed E-state index contributed by atoms with van der Waals surface area (Å²) < 4.78 is 8.78. The maximum absolute atomic E-state index is 13.6. The van der Waals surface area contributed by atoms with Crippen molar-refractivity contribution < 1.29 is 9.53 Å². The van der Waals surface area contributed by atoms with Gasteiger partial charge in [0.1, 0.15) is 5.75 Å². The molecule has 1 N–H and O–H groups in total. The second kappa shape index (κ2) is 9.07. The summed E-state index contributed by atoms with van der Waals surface area (Å²) in [4.78, 5) is 13.6. The Morgan fingerprint density at radius 1 is 1.22 bits per heavy atom. The molecular weight excluding hydrogens is 561 g/mol. The molecule has 1 aromatic heterocycles. The fourth-order valence-electron chi connectivity index (χ4n) is 6.56. The molecule has 7 rings (SSSR count). The fraction of sp³-hybridized carbons (Fsp3) is 0.429. The summed E-state index contributed by atoms with van der Waals surface area (Å²) in [7, 11) is 0. The number of amides is 1. The lowest BCUT2D eigenvalue weighted by Gasteiger charge is -2.60. The number of fused-ring (bicyclic) bond motifs is 5. The minimum atomic E-state index is -0.144. The summed E-state index contributed by atoms with van der Waals surface area (Å²) in [6.45, 7) is 5.90. The van der Waals surface area contributed by atoms with Gasteiger partial charge in [-0.15, -0.1) is 0 Å². The van der Waals surface area contributed by atoms with Gasteiger partial charge in [-0.25, -0.2) is 4.68 Å². The number of carbonyl (C=O) groups is 1. The topological polar surface area (TPSA) is 56.2 Å². The molecule has 3 atom stereocenters. The minimum Gasteiger partial charge on any atom is -0.492 e. The van der Waals surface area contributed by atoms with Gasteiger partial charge in [0.25, 0.3) is 5.91 Å². The maximum atomic E-state index is 13.6. The van der Waals surface area contributed by atoms with E-state index in [9.17, 15) is 4.79 Å². The van der Waals surface area contributed by atoms with Gasteiger partial charge in [0, 0.05) is 33.6 Å². The Morgan fingerprint density at radius 3 is 2.81 bits per heavy atom. The van der Waals surface area contributed by atoms with E-state index < -0.39 is 0 Å². The Morgan fingerprint density at radius 2 is 2.06 bits per heavy atom. The summed E-state index contributed by atoms with van der Waals surface area (Å²) in [5, 5.41) is 9.09. The molecule has 2 bridgehead atoms. The number of nitrogens with one attached hydrogen (secondary N) is 1. The van der Waals surface area contributed by atoms with Gasteiger partial charge in [-0.2, -0.15) is 5.10 Å². The molecule has 5 nitrogen and oxygen atoms in total. The Bertz CT molecular complexity index is 1370. The van der Waals surface area contributed by atoms with E-state index in [0.717, 1.165) is 33.0 Å². The van der Waals surface area contributed by atoms with Crippen LogP contribution in [0.4, 0.5) is 0 Å². The van der Waals surface area contributed by atoms with Crippen LogP contribution < -0.4 is 10.1 Å². The number of hydrogen-bond acceptors (Lipinski definition) is 3. The van der Waals surface area contributed by atoms with E-state index in [4.69, 9.17) is 33.0 Å². The number of benzene rings is 2. The van der Waals surface area contributed by atoms with Gasteiger partial charge < -0.3 is 10.1 Å². The summed E-state index contributed by atoms with van der Waals surface area (Å²) in [6, 6.07) is 11.2. The zero-order valence-electron chi connectivity index (χ0n) is 20.3. The first-order valence-corrected chi connectivity index (χ1v) is 14.1. The monoisotopic (exact) mass is 587 g/mol. The van der Waals surface area contributed by atoms with Gasteiger partial charge in [-0.1, -0.05) is 53.0 Å². The van der Waals surface area contributed by atoms with E-state index in [2.05, 4.69) is 35.1 Å². The first-order chi connectivity index (χ1) is 17.2. The first-order valence-electron chi connectivity index (χ1n) is 12.5. The number of carbonyl (C=O) groups excluding carboxylic acids is 1. The van der Waals surface area contributed by atoms with Crippen LogP contribution in [0, 0.1) is 23.2 Å². The highest BCUT2D eigenvalue weighted by Crippen LogP contribution is 2.61. The molecule has 3 saturated carbocycles. The number of nitrogens with zero attached hydrogens (tertiary/aromatic N) is 2. The SMILES string of the molecule is CC1(C)C2CCC(CNC(=O)c3nn(-c4ccc(Cl)cc4Cl)c4c3CCOc3cc(Br)ccc3-4)C1C2. The first kappa shape index (κ1) is 24.3. The molecule has 0 radical (unpaired) electrons. The molecule has 2 heterocycles. The van der Waals surface area contributed by atoms with E-state index in [-0.39, 0.29) is 5.91 Å². The van der Waals surface area contributed by atoms with Gasteiger partial charge in [-0.3, -0.25) is 4.79 Å². The van der Waals surface area contributed by atoms with E-state index in [0.29, 0.717) is 58.2 Å². The molecule has 4 aliphatic rings. The third-order valence-electron chi connectivity index (χ3n) is 8.67. The summed E-state index contributed by atoms with van der Waals surface area (Å²) >= 11 is 16.3. The average molecular weight is 589 g/mol. The molecule has 3 aliphatic carbocycles. The molecule has 1 amide bonds. The van der Waals surface area contributed by atoms with Crippen LogP contribution in [-0.4, -0.2) is 28.8 Å². The Kier molecular flexibility index (Phi) is 6.13. The second-order valence-corrected chi connectivity index (χ2v) is 12.6. The lowest BCUT2D eigenvalue weighted by molar-refractivity contribution is -0.103. The normalized spacial score (nSPS) is 23.5. The van der Waals surface area contributed by atoms with Gasteiger partial charge in [0.15, 0.2) is 5.69 Å². The van der Waals surface area contributed by atoms with Crippen LogP contribution in [0.25, 0.3) is 16.9 Å². The highest BCUT2D eigenvalue weighted by Gasteiger charge is 2.54. The number of ether oxygens (including phenoxy) is 1. The zero-order chi connectivity index (χ0) is 25.2. The van der Waals surface area contributed by atoms with E-state index >= 15 is 0 Å². The largest absolute Gasteiger partial charge is 0.492 e.